The SMILES string of the molecule is O=C(CCc1[nH]nc2ccnc(NC3CCCCC3)c12)CC1CCCC1. The van der Waals surface area contributed by atoms with Gasteiger partial charge in [-0.1, -0.05) is 44.9 Å². The molecule has 2 heterocycles. The molecule has 2 saturated carbocycles. The molecule has 2 aromatic rings. The zero-order valence-electron chi connectivity index (χ0n) is 15.6. The molecule has 4 rings (SSSR count). The molecule has 0 aromatic carbocycles. The van der Waals surface area contributed by atoms with Crippen molar-refractivity contribution in [2.24, 2.45) is 5.92 Å². The molecule has 0 unspecified atom stereocenters. The van der Waals surface area contributed by atoms with E-state index in [0.717, 1.165) is 35.3 Å². The molecule has 2 aromatic heterocycles. The van der Waals surface area contributed by atoms with E-state index >= 15 is 0 Å². The summed E-state index contributed by atoms with van der Waals surface area (Å²) in [7, 11) is 0. The van der Waals surface area contributed by atoms with Gasteiger partial charge >= 0.3 is 0 Å². The van der Waals surface area contributed by atoms with E-state index in [1.165, 1.54) is 57.8 Å². The van der Waals surface area contributed by atoms with Gasteiger partial charge in [0.25, 0.3) is 0 Å². The van der Waals surface area contributed by atoms with Crippen LogP contribution in [-0.2, 0) is 11.2 Å². The maximum Gasteiger partial charge on any atom is 0.137 e. The summed E-state index contributed by atoms with van der Waals surface area (Å²) in [5.74, 6) is 1.96. The van der Waals surface area contributed by atoms with Gasteiger partial charge in [-0.05, 0) is 31.2 Å². The van der Waals surface area contributed by atoms with Crippen molar-refractivity contribution in [3.05, 3.63) is 18.0 Å². The van der Waals surface area contributed by atoms with E-state index in [1.807, 2.05) is 12.3 Å². The lowest BCUT2D eigenvalue weighted by Gasteiger charge is -2.23. The quantitative estimate of drug-likeness (QED) is 0.750. The van der Waals surface area contributed by atoms with E-state index in [2.05, 4.69) is 20.5 Å². The molecule has 5 heteroatoms. The van der Waals surface area contributed by atoms with Gasteiger partial charge in [0, 0.05) is 30.8 Å². The number of hydrogen-bond donors (Lipinski definition) is 2. The van der Waals surface area contributed by atoms with Crippen LogP contribution >= 0.6 is 0 Å². The molecule has 5 nitrogen and oxygen atoms in total. The molecule has 0 amide bonds. The Labute approximate surface area is 155 Å². The van der Waals surface area contributed by atoms with Crippen molar-refractivity contribution in [3.63, 3.8) is 0 Å². The van der Waals surface area contributed by atoms with Crippen molar-refractivity contribution in [2.75, 3.05) is 5.32 Å². The lowest BCUT2D eigenvalue weighted by atomic mass is 9.95. The van der Waals surface area contributed by atoms with Gasteiger partial charge in [0.15, 0.2) is 0 Å². The van der Waals surface area contributed by atoms with Crippen molar-refractivity contribution in [1.82, 2.24) is 15.2 Å². The van der Waals surface area contributed by atoms with Gasteiger partial charge in [0.1, 0.15) is 11.6 Å². The number of pyridine rings is 1. The van der Waals surface area contributed by atoms with E-state index < -0.39 is 0 Å². The van der Waals surface area contributed by atoms with Crippen LogP contribution in [0.4, 0.5) is 5.82 Å². The largest absolute Gasteiger partial charge is 0.367 e. The van der Waals surface area contributed by atoms with Crippen LogP contribution in [0.25, 0.3) is 10.9 Å². The summed E-state index contributed by atoms with van der Waals surface area (Å²) in [6.07, 6.45) is 15.3. The third-order valence-electron chi connectivity index (χ3n) is 6.13. The summed E-state index contributed by atoms with van der Waals surface area (Å²) in [4.78, 5) is 17.0. The molecule has 0 radical (unpaired) electrons. The van der Waals surface area contributed by atoms with Crippen LogP contribution in [-0.4, -0.2) is 27.0 Å². The summed E-state index contributed by atoms with van der Waals surface area (Å²) in [5.41, 5.74) is 1.99. The van der Waals surface area contributed by atoms with Gasteiger partial charge in [-0.15, -0.1) is 0 Å². The third kappa shape index (κ3) is 4.08. The fourth-order valence-corrected chi connectivity index (χ4v) is 4.66. The second-order valence-electron chi connectivity index (χ2n) is 8.13. The van der Waals surface area contributed by atoms with Gasteiger partial charge in [-0.25, -0.2) is 4.98 Å². The van der Waals surface area contributed by atoms with Crippen molar-refractivity contribution in [1.29, 1.82) is 0 Å². The van der Waals surface area contributed by atoms with E-state index in [9.17, 15) is 4.79 Å². The van der Waals surface area contributed by atoms with Crippen LogP contribution in [0.3, 0.4) is 0 Å². The number of hydrogen-bond acceptors (Lipinski definition) is 4. The second kappa shape index (κ2) is 8.19. The van der Waals surface area contributed by atoms with Gasteiger partial charge < -0.3 is 5.32 Å². The number of nitrogens with one attached hydrogen (secondary N) is 2. The predicted molar refractivity (Wildman–Crippen MR) is 104 cm³/mol. The zero-order valence-corrected chi connectivity index (χ0v) is 15.6. The fourth-order valence-electron chi connectivity index (χ4n) is 4.66. The Kier molecular flexibility index (Phi) is 5.51. The maximum absolute atomic E-state index is 12.4. The van der Waals surface area contributed by atoms with Crippen molar-refractivity contribution in [3.8, 4) is 0 Å². The predicted octanol–water partition coefficient (Wildman–Crippen LogP) is 4.78. The average Bonchev–Trinajstić information content (AvgIpc) is 3.31. The number of aromatic amines is 1. The highest BCUT2D eigenvalue weighted by molar-refractivity contribution is 5.92. The van der Waals surface area contributed by atoms with Crippen LogP contribution in [0.15, 0.2) is 12.3 Å². The number of rotatable bonds is 7. The molecule has 2 aliphatic carbocycles. The molecule has 0 aliphatic heterocycles. The number of H-pyrrole nitrogens is 1. The number of aryl methyl sites for hydroxylation is 1. The number of carbonyl (C=O) groups is 1. The molecule has 140 valence electrons. The molecular formula is C21H30N4O. The molecule has 0 bridgehead atoms. The highest BCUT2D eigenvalue weighted by atomic mass is 16.1. The standard InChI is InChI=1S/C21H30N4O/c26-17(14-15-6-4-5-7-15)10-11-18-20-19(25-24-18)12-13-22-21(20)23-16-8-2-1-3-9-16/h12-13,15-16H,1-11,14H2,(H,22,23)(H,24,25). The van der Waals surface area contributed by atoms with Crippen LogP contribution in [0, 0.1) is 5.92 Å². The Balaban J connectivity index is 1.43. The molecule has 0 saturated heterocycles. The van der Waals surface area contributed by atoms with Crippen molar-refractivity contribution >= 4 is 22.5 Å². The first-order valence-electron chi connectivity index (χ1n) is 10.4. The van der Waals surface area contributed by atoms with Crippen molar-refractivity contribution in [2.45, 2.75) is 83.1 Å². The first-order valence-corrected chi connectivity index (χ1v) is 10.4. The second-order valence-corrected chi connectivity index (χ2v) is 8.13. The molecule has 2 fully saturated rings. The van der Waals surface area contributed by atoms with Gasteiger partial charge in [0.05, 0.1) is 10.9 Å². The number of carbonyl (C=O) groups excluding carboxylic acids is 1. The summed E-state index contributed by atoms with van der Waals surface area (Å²) in [6, 6.07) is 2.45. The number of ketones is 1. The summed E-state index contributed by atoms with van der Waals surface area (Å²) in [6.45, 7) is 0. The van der Waals surface area contributed by atoms with Gasteiger partial charge in [-0.3, -0.25) is 9.89 Å². The zero-order chi connectivity index (χ0) is 17.8. The Hall–Kier alpha value is -1.91. The molecule has 2 aliphatic rings. The van der Waals surface area contributed by atoms with Crippen LogP contribution in [0.1, 0.15) is 76.3 Å². The maximum atomic E-state index is 12.4. The Morgan fingerprint density at radius 2 is 1.88 bits per heavy atom. The van der Waals surface area contributed by atoms with Crippen LogP contribution in [0.5, 0.6) is 0 Å². The van der Waals surface area contributed by atoms with Gasteiger partial charge in [-0.2, -0.15) is 5.10 Å². The number of aromatic nitrogens is 3. The normalized spacial score (nSPS) is 19.2. The minimum absolute atomic E-state index is 0.394. The van der Waals surface area contributed by atoms with Crippen LogP contribution in [0.2, 0.25) is 0 Å². The topological polar surface area (TPSA) is 70.7 Å². The minimum atomic E-state index is 0.394. The first-order chi connectivity index (χ1) is 12.8. The number of nitrogens with zero attached hydrogens (tertiary/aromatic N) is 2. The number of anilines is 1. The average molecular weight is 354 g/mol. The smallest absolute Gasteiger partial charge is 0.137 e. The lowest BCUT2D eigenvalue weighted by molar-refractivity contribution is -0.119. The summed E-state index contributed by atoms with van der Waals surface area (Å²) < 4.78 is 0. The van der Waals surface area contributed by atoms with E-state index in [0.29, 0.717) is 24.2 Å². The summed E-state index contributed by atoms with van der Waals surface area (Å²) >= 11 is 0. The Morgan fingerprint density at radius 1 is 1.12 bits per heavy atom. The number of fused-ring (bicyclic) bond motifs is 1. The molecular weight excluding hydrogens is 324 g/mol. The molecule has 2 N–H and O–H groups in total. The van der Waals surface area contributed by atoms with Crippen molar-refractivity contribution < 1.29 is 4.79 Å². The lowest BCUT2D eigenvalue weighted by Crippen LogP contribution is -2.23. The molecule has 0 atom stereocenters. The summed E-state index contributed by atoms with van der Waals surface area (Å²) in [5, 5.41) is 12.3. The van der Waals surface area contributed by atoms with Gasteiger partial charge in [0.2, 0.25) is 0 Å². The van der Waals surface area contributed by atoms with E-state index in [-0.39, 0.29) is 0 Å². The number of Topliss-reactive ketones (excluding diaryl/α,β-unsaturated/α-hetero) is 1. The minimum Gasteiger partial charge on any atom is -0.367 e. The highest BCUT2D eigenvalue weighted by Gasteiger charge is 2.20. The first kappa shape index (κ1) is 17.5. The Morgan fingerprint density at radius 3 is 2.69 bits per heavy atom. The van der Waals surface area contributed by atoms with E-state index in [1.54, 1.807) is 0 Å². The molecule has 0 spiro atoms. The molecule has 26 heavy (non-hydrogen) atoms. The Bertz CT molecular complexity index is 742. The fraction of sp³-hybridized carbons (Fsp3) is 0.667. The third-order valence-corrected chi connectivity index (χ3v) is 6.13. The monoisotopic (exact) mass is 354 g/mol. The highest BCUT2D eigenvalue weighted by Crippen LogP contribution is 2.30. The van der Waals surface area contributed by atoms with E-state index in [4.69, 9.17) is 0 Å². The van der Waals surface area contributed by atoms with Crippen LogP contribution < -0.4 is 5.32 Å².